The summed E-state index contributed by atoms with van der Waals surface area (Å²) in [6.45, 7) is 6.62. The van der Waals surface area contributed by atoms with Crippen LogP contribution in [0.1, 0.15) is 22.8 Å². The van der Waals surface area contributed by atoms with Crippen molar-refractivity contribution in [3.63, 3.8) is 0 Å². The minimum absolute atomic E-state index is 0.366. The molecule has 0 spiro atoms. The van der Waals surface area contributed by atoms with Crippen molar-refractivity contribution in [1.29, 1.82) is 0 Å². The maximum atomic E-state index is 12.3. The van der Waals surface area contributed by atoms with E-state index in [1.165, 1.54) is 0 Å². The molecule has 1 aliphatic heterocycles. The van der Waals surface area contributed by atoms with Gasteiger partial charge in [-0.05, 0) is 50.2 Å². The first-order valence-electron chi connectivity index (χ1n) is 9.04. The number of benzene rings is 2. The Labute approximate surface area is 159 Å². The molecule has 1 amide bonds. The highest BCUT2D eigenvalue weighted by atomic mass is 16.5. The number of esters is 1. The third kappa shape index (κ3) is 5.08. The smallest absolute Gasteiger partial charge is 0.338 e. The monoisotopic (exact) mass is 368 g/mol. The van der Waals surface area contributed by atoms with E-state index in [4.69, 9.17) is 9.47 Å². The van der Waals surface area contributed by atoms with Gasteiger partial charge in [0, 0.05) is 24.5 Å². The van der Waals surface area contributed by atoms with E-state index in [0.29, 0.717) is 11.3 Å². The van der Waals surface area contributed by atoms with Gasteiger partial charge >= 0.3 is 5.97 Å². The molecule has 2 aromatic carbocycles. The van der Waals surface area contributed by atoms with Crippen molar-refractivity contribution in [2.45, 2.75) is 20.0 Å². The molecule has 27 heavy (non-hydrogen) atoms. The lowest BCUT2D eigenvalue weighted by Gasteiger charge is -2.28. The number of ether oxygens (including phenoxy) is 2. The van der Waals surface area contributed by atoms with Crippen LogP contribution in [0.25, 0.3) is 0 Å². The largest absolute Gasteiger partial charge is 0.449 e. The lowest BCUT2D eigenvalue weighted by Crippen LogP contribution is -2.36. The Morgan fingerprint density at radius 1 is 1.11 bits per heavy atom. The van der Waals surface area contributed by atoms with Crippen molar-refractivity contribution in [3.05, 3.63) is 59.7 Å². The Balaban J connectivity index is 1.55. The summed E-state index contributed by atoms with van der Waals surface area (Å²) in [6.07, 6.45) is -0.892. The molecule has 1 heterocycles. The van der Waals surface area contributed by atoms with Gasteiger partial charge in [0.25, 0.3) is 5.91 Å². The van der Waals surface area contributed by atoms with Crippen LogP contribution in [0.4, 0.5) is 11.4 Å². The van der Waals surface area contributed by atoms with Crippen LogP contribution >= 0.6 is 0 Å². The van der Waals surface area contributed by atoms with Crippen molar-refractivity contribution in [1.82, 2.24) is 0 Å². The van der Waals surface area contributed by atoms with Crippen LogP contribution in [0.3, 0.4) is 0 Å². The van der Waals surface area contributed by atoms with Gasteiger partial charge in [-0.1, -0.05) is 17.7 Å². The van der Waals surface area contributed by atoms with Gasteiger partial charge in [0.2, 0.25) is 0 Å². The molecular formula is C21H24N2O4. The Morgan fingerprint density at radius 2 is 1.81 bits per heavy atom. The molecule has 1 atom stereocenters. The summed E-state index contributed by atoms with van der Waals surface area (Å²) >= 11 is 0. The summed E-state index contributed by atoms with van der Waals surface area (Å²) in [5.41, 5.74) is 3.15. The van der Waals surface area contributed by atoms with Crippen molar-refractivity contribution in [2.24, 2.45) is 0 Å². The van der Waals surface area contributed by atoms with E-state index in [1.54, 1.807) is 25.1 Å². The summed E-state index contributed by atoms with van der Waals surface area (Å²) in [4.78, 5) is 26.7. The van der Waals surface area contributed by atoms with Crippen LogP contribution in [0.2, 0.25) is 0 Å². The first kappa shape index (κ1) is 18.9. The molecule has 0 unspecified atom stereocenters. The van der Waals surface area contributed by atoms with Crippen molar-refractivity contribution in [2.75, 3.05) is 36.5 Å². The normalized spacial score (nSPS) is 15.1. The highest BCUT2D eigenvalue weighted by molar-refractivity contribution is 5.97. The molecule has 6 heteroatoms. The van der Waals surface area contributed by atoms with E-state index in [1.807, 2.05) is 37.3 Å². The Bertz CT molecular complexity index is 798. The van der Waals surface area contributed by atoms with Gasteiger partial charge in [0.1, 0.15) is 0 Å². The van der Waals surface area contributed by atoms with Crippen molar-refractivity contribution in [3.8, 4) is 0 Å². The van der Waals surface area contributed by atoms with Gasteiger partial charge in [0.05, 0.1) is 18.8 Å². The van der Waals surface area contributed by atoms with Gasteiger partial charge in [0.15, 0.2) is 6.10 Å². The Kier molecular flexibility index (Phi) is 6.08. The molecule has 0 saturated carbocycles. The fourth-order valence-electron chi connectivity index (χ4n) is 2.88. The van der Waals surface area contributed by atoms with Gasteiger partial charge in [-0.2, -0.15) is 0 Å². The molecule has 0 bridgehead atoms. The topological polar surface area (TPSA) is 67.9 Å². The number of nitrogens with one attached hydrogen (secondary N) is 1. The third-order valence-corrected chi connectivity index (χ3v) is 4.42. The molecule has 1 saturated heterocycles. The fraction of sp³-hybridized carbons (Fsp3) is 0.333. The van der Waals surface area contributed by atoms with Gasteiger partial charge in [-0.15, -0.1) is 0 Å². The molecule has 1 fully saturated rings. The van der Waals surface area contributed by atoms with E-state index in [-0.39, 0.29) is 5.91 Å². The molecule has 0 aliphatic carbocycles. The maximum Gasteiger partial charge on any atom is 0.338 e. The second-order valence-corrected chi connectivity index (χ2v) is 6.55. The van der Waals surface area contributed by atoms with Crippen LogP contribution < -0.4 is 10.2 Å². The number of hydrogen-bond donors (Lipinski definition) is 1. The SMILES string of the molecule is Cc1cccc(C(=O)O[C@H](C)C(=O)Nc2ccc(N3CCOCC3)cc2)c1. The number of morpholine rings is 1. The molecule has 0 aromatic heterocycles. The van der Waals surface area contributed by atoms with Crippen LogP contribution in [-0.2, 0) is 14.3 Å². The van der Waals surface area contributed by atoms with Gasteiger partial charge in [-0.3, -0.25) is 4.79 Å². The van der Waals surface area contributed by atoms with Gasteiger partial charge < -0.3 is 19.7 Å². The number of anilines is 2. The Morgan fingerprint density at radius 3 is 2.48 bits per heavy atom. The van der Waals surface area contributed by atoms with Crippen molar-refractivity contribution >= 4 is 23.3 Å². The van der Waals surface area contributed by atoms with E-state index in [2.05, 4.69) is 10.2 Å². The average Bonchev–Trinajstić information content (AvgIpc) is 2.69. The highest BCUT2D eigenvalue weighted by Gasteiger charge is 2.19. The predicted molar refractivity (Wildman–Crippen MR) is 104 cm³/mol. The number of hydrogen-bond acceptors (Lipinski definition) is 5. The molecule has 1 aliphatic rings. The number of rotatable bonds is 5. The van der Waals surface area contributed by atoms with E-state index in [9.17, 15) is 9.59 Å². The van der Waals surface area contributed by atoms with E-state index < -0.39 is 12.1 Å². The highest BCUT2D eigenvalue weighted by Crippen LogP contribution is 2.19. The zero-order valence-corrected chi connectivity index (χ0v) is 15.6. The zero-order valence-electron chi connectivity index (χ0n) is 15.6. The molecule has 2 aromatic rings. The van der Waals surface area contributed by atoms with Gasteiger partial charge in [-0.25, -0.2) is 4.79 Å². The lowest BCUT2D eigenvalue weighted by atomic mass is 10.1. The number of amides is 1. The quantitative estimate of drug-likeness (QED) is 0.822. The molecule has 3 rings (SSSR count). The summed E-state index contributed by atoms with van der Waals surface area (Å²) in [7, 11) is 0. The summed E-state index contributed by atoms with van der Waals surface area (Å²) < 4.78 is 10.6. The van der Waals surface area contributed by atoms with E-state index >= 15 is 0 Å². The predicted octanol–water partition coefficient (Wildman–Crippen LogP) is 3.02. The second kappa shape index (κ2) is 8.68. The van der Waals surface area contributed by atoms with Crippen LogP contribution in [0.15, 0.2) is 48.5 Å². The number of carbonyl (C=O) groups excluding carboxylic acids is 2. The Hall–Kier alpha value is -2.86. The molecule has 1 N–H and O–H groups in total. The minimum atomic E-state index is -0.892. The molecule has 0 radical (unpaired) electrons. The average molecular weight is 368 g/mol. The molecular weight excluding hydrogens is 344 g/mol. The standard InChI is InChI=1S/C21H24N2O4/c1-15-4-3-5-17(14-15)21(25)27-16(2)20(24)22-18-6-8-19(9-7-18)23-10-12-26-13-11-23/h3-9,14,16H,10-13H2,1-2H3,(H,22,24)/t16-/m1/s1. The maximum absolute atomic E-state index is 12.3. The summed E-state index contributed by atoms with van der Waals surface area (Å²) in [5, 5.41) is 2.78. The number of aryl methyl sites for hydroxylation is 1. The van der Waals surface area contributed by atoms with Crippen LogP contribution in [0.5, 0.6) is 0 Å². The number of nitrogens with zero attached hydrogens (tertiary/aromatic N) is 1. The first-order valence-corrected chi connectivity index (χ1v) is 9.04. The zero-order chi connectivity index (χ0) is 19.2. The van der Waals surface area contributed by atoms with Crippen LogP contribution in [-0.4, -0.2) is 44.3 Å². The minimum Gasteiger partial charge on any atom is -0.449 e. The van der Waals surface area contributed by atoms with E-state index in [0.717, 1.165) is 37.6 Å². The first-order chi connectivity index (χ1) is 13.0. The summed E-state index contributed by atoms with van der Waals surface area (Å²) in [5.74, 6) is -0.876. The summed E-state index contributed by atoms with van der Waals surface area (Å²) in [6, 6.07) is 14.7. The molecule has 6 nitrogen and oxygen atoms in total. The lowest BCUT2D eigenvalue weighted by molar-refractivity contribution is -0.123. The second-order valence-electron chi connectivity index (χ2n) is 6.55. The third-order valence-electron chi connectivity index (χ3n) is 4.42. The van der Waals surface area contributed by atoms with Crippen LogP contribution in [0, 0.1) is 6.92 Å². The van der Waals surface area contributed by atoms with Crippen molar-refractivity contribution < 1.29 is 19.1 Å². The molecule has 142 valence electrons. The fourth-order valence-corrected chi connectivity index (χ4v) is 2.88. The number of carbonyl (C=O) groups is 2.